The summed E-state index contributed by atoms with van der Waals surface area (Å²) in [5, 5.41) is 17.1. The van der Waals surface area contributed by atoms with Crippen molar-refractivity contribution in [3.63, 3.8) is 0 Å². The standard InChI is InChI=1S/C24H28F3N7OS/c1-4-15(19(35)21-29-11-12-34(21)3)9-10-28-20-18(22-32-16-7-5-6-8-17(16)36-22)14(2)31-23(33-20)30-13-24(25,26)27/h5-8,11-12,15,19,35H,4,9-10,13H2,1-3H3,(H2,28,30,31,33). The number of nitrogens with one attached hydrogen (secondary N) is 2. The molecule has 36 heavy (non-hydrogen) atoms. The SMILES string of the molecule is CCC(CCNc1nc(NCC(F)(F)F)nc(C)c1-c1nc2ccccc2s1)C(O)c1nccn1C. The number of nitrogens with zero attached hydrogens (tertiary/aromatic N) is 5. The van der Waals surface area contributed by atoms with Crippen LogP contribution in [-0.4, -0.2) is 48.9 Å². The summed E-state index contributed by atoms with van der Waals surface area (Å²) in [6, 6.07) is 7.69. The van der Waals surface area contributed by atoms with Gasteiger partial charge in [-0.15, -0.1) is 11.3 Å². The van der Waals surface area contributed by atoms with E-state index in [0.717, 1.165) is 16.6 Å². The maximum atomic E-state index is 12.8. The van der Waals surface area contributed by atoms with E-state index in [1.165, 1.54) is 11.3 Å². The zero-order valence-electron chi connectivity index (χ0n) is 20.2. The monoisotopic (exact) mass is 519 g/mol. The van der Waals surface area contributed by atoms with Crippen LogP contribution < -0.4 is 10.6 Å². The Bertz CT molecular complexity index is 1290. The lowest BCUT2D eigenvalue weighted by Crippen LogP contribution is -2.23. The molecule has 0 radical (unpaired) electrons. The molecular formula is C24H28F3N7OS. The highest BCUT2D eigenvalue weighted by atomic mass is 32.1. The van der Waals surface area contributed by atoms with E-state index in [0.29, 0.717) is 40.9 Å². The average Bonchev–Trinajstić information content (AvgIpc) is 3.45. The van der Waals surface area contributed by atoms with Crippen LogP contribution in [0.25, 0.3) is 20.8 Å². The predicted molar refractivity (Wildman–Crippen MR) is 135 cm³/mol. The van der Waals surface area contributed by atoms with E-state index in [2.05, 4.69) is 25.6 Å². The molecule has 3 N–H and O–H groups in total. The number of fused-ring (bicyclic) bond motifs is 1. The molecule has 12 heteroatoms. The number of rotatable bonds is 10. The highest BCUT2D eigenvalue weighted by Crippen LogP contribution is 2.36. The van der Waals surface area contributed by atoms with Gasteiger partial charge >= 0.3 is 6.18 Å². The fourth-order valence-corrected chi connectivity index (χ4v) is 5.09. The van der Waals surface area contributed by atoms with Gasteiger partial charge in [0, 0.05) is 26.0 Å². The second kappa shape index (κ2) is 10.8. The normalized spacial score (nSPS) is 13.6. The highest BCUT2D eigenvalue weighted by molar-refractivity contribution is 7.21. The lowest BCUT2D eigenvalue weighted by atomic mass is 9.95. The molecule has 0 spiro atoms. The van der Waals surface area contributed by atoms with Gasteiger partial charge in [0.1, 0.15) is 29.3 Å². The van der Waals surface area contributed by atoms with Crippen molar-refractivity contribution in [1.82, 2.24) is 24.5 Å². The molecule has 4 aromatic rings. The minimum atomic E-state index is -4.40. The number of anilines is 2. The summed E-state index contributed by atoms with van der Waals surface area (Å²) in [4.78, 5) is 17.6. The smallest absolute Gasteiger partial charge is 0.385 e. The van der Waals surface area contributed by atoms with Gasteiger partial charge in [-0.2, -0.15) is 18.2 Å². The summed E-state index contributed by atoms with van der Waals surface area (Å²) in [6.07, 6.45) is -0.386. The molecule has 0 saturated carbocycles. The number of aryl methyl sites for hydroxylation is 2. The summed E-state index contributed by atoms with van der Waals surface area (Å²) in [7, 11) is 1.83. The Labute approximate surface area is 210 Å². The first kappa shape index (κ1) is 25.8. The first-order valence-corrected chi connectivity index (χ1v) is 12.4. The van der Waals surface area contributed by atoms with Crippen LogP contribution in [0.2, 0.25) is 0 Å². The van der Waals surface area contributed by atoms with E-state index in [1.54, 1.807) is 23.9 Å². The first-order chi connectivity index (χ1) is 17.2. The van der Waals surface area contributed by atoms with E-state index in [9.17, 15) is 18.3 Å². The van der Waals surface area contributed by atoms with Crippen LogP contribution in [0.5, 0.6) is 0 Å². The molecule has 0 amide bonds. The molecule has 2 atom stereocenters. The zero-order valence-corrected chi connectivity index (χ0v) is 21.0. The lowest BCUT2D eigenvalue weighted by Gasteiger charge is -2.22. The third-order valence-corrected chi connectivity index (χ3v) is 7.00. The number of thiazole rings is 1. The molecule has 2 unspecified atom stereocenters. The van der Waals surface area contributed by atoms with Gasteiger partial charge in [-0.1, -0.05) is 25.5 Å². The number of imidazole rings is 1. The van der Waals surface area contributed by atoms with E-state index in [-0.39, 0.29) is 11.9 Å². The third-order valence-electron chi connectivity index (χ3n) is 5.95. The molecule has 0 fully saturated rings. The van der Waals surface area contributed by atoms with Crippen LogP contribution in [-0.2, 0) is 7.05 Å². The highest BCUT2D eigenvalue weighted by Gasteiger charge is 2.28. The Morgan fingerprint density at radius 3 is 2.58 bits per heavy atom. The van der Waals surface area contributed by atoms with Crippen molar-refractivity contribution < 1.29 is 18.3 Å². The molecule has 3 heterocycles. The quantitative estimate of drug-likeness (QED) is 0.260. The van der Waals surface area contributed by atoms with Crippen molar-refractivity contribution in [3.05, 3.63) is 48.2 Å². The van der Waals surface area contributed by atoms with Crippen LogP contribution in [0.15, 0.2) is 36.7 Å². The van der Waals surface area contributed by atoms with Gasteiger partial charge in [-0.25, -0.2) is 15.0 Å². The summed E-state index contributed by atoms with van der Waals surface area (Å²) >= 11 is 1.47. The minimum Gasteiger partial charge on any atom is -0.385 e. The van der Waals surface area contributed by atoms with Crippen molar-refractivity contribution in [2.24, 2.45) is 13.0 Å². The summed E-state index contributed by atoms with van der Waals surface area (Å²) in [6.45, 7) is 2.93. The number of para-hydroxylation sites is 1. The van der Waals surface area contributed by atoms with Crippen molar-refractivity contribution in [1.29, 1.82) is 0 Å². The van der Waals surface area contributed by atoms with Gasteiger partial charge in [0.15, 0.2) is 0 Å². The van der Waals surface area contributed by atoms with Crippen LogP contribution in [0, 0.1) is 12.8 Å². The van der Waals surface area contributed by atoms with Crippen molar-refractivity contribution in [3.8, 4) is 10.6 Å². The molecule has 4 rings (SSSR count). The third kappa shape index (κ3) is 5.93. The van der Waals surface area contributed by atoms with Crippen LogP contribution in [0.3, 0.4) is 0 Å². The lowest BCUT2D eigenvalue weighted by molar-refractivity contribution is -0.115. The molecule has 0 aliphatic rings. The van der Waals surface area contributed by atoms with E-state index < -0.39 is 18.8 Å². The molecule has 8 nitrogen and oxygen atoms in total. The summed E-state index contributed by atoms with van der Waals surface area (Å²) in [5.41, 5.74) is 1.98. The topological polar surface area (TPSA) is 101 Å². The van der Waals surface area contributed by atoms with Crippen molar-refractivity contribution >= 4 is 33.3 Å². The molecule has 0 bridgehead atoms. The van der Waals surface area contributed by atoms with Gasteiger partial charge in [-0.05, 0) is 31.4 Å². The Kier molecular flexibility index (Phi) is 7.74. The second-order valence-electron chi connectivity index (χ2n) is 8.54. The van der Waals surface area contributed by atoms with E-state index in [4.69, 9.17) is 4.98 Å². The van der Waals surface area contributed by atoms with Gasteiger partial charge in [-0.3, -0.25) is 0 Å². The van der Waals surface area contributed by atoms with Gasteiger partial charge in [0.25, 0.3) is 0 Å². The molecule has 0 aliphatic heterocycles. The number of aromatic nitrogens is 5. The Hall–Kier alpha value is -3.25. The molecule has 0 aliphatic carbocycles. The number of alkyl halides is 3. The average molecular weight is 520 g/mol. The Morgan fingerprint density at radius 2 is 1.92 bits per heavy atom. The first-order valence-electron chi connectivity index (χ1n) is 11.6. The predicted octanol–water partition coefficient (Wildman–Crippen LogP) is 5.33. The van der Waals surface area contributed by atoms with E-state index >= 15 is 0 Å². The Balaban J connectivity index is 1.60. The van der Waals surface area contributed by atoms with Crippen molar-refractivity contribution in [2.45, 2.75) is 39.0 Å². The van der Waals surface area contributed by atoms with Crippen LogP contribution >= 0.6 is 11.3 Å². The zero-order chi connectivity index (χ0) is 25.9. The number of halogens is 3. The summed E-state index contributed by atoms with van der Waals surface area (Å²) < 4.78 is 41.1. The van der Waals surface area contributed by atoms with E-state index in [1.807, 2.05) is 38.2 Å². The van der Waals surface area contributed by atoms with Gasteiger partial charge in [0.05, 0.1) is 21.5 Å². The maximum absolute atomic E-state index is 12.8. The summed E-state index contributed by atoms with van der Waals surface area (Å²) in [5.74, 6) is 0.800. The number of benzene rings is 1. The fourth-order valence-electron chi connectivity index (χ4n) is 4.03. The number of aliphatic hydroxyl groups excluding tert-OH is 1. The molecule has 1 aromatic carbocycles. The molecule has 0 saturated heterocycles. The fraction of sp³-hybridized carbons (Fsp3) is 0.417. The molecule has 3 aromatic heterocycles. The van der Waals surface area contributed by atoms with Gasteiger partial charge in [0.2, 0.25) is 5.95 Å². The largest absolute Gasteiger partial charge is 0.405 e. The van der Waals surface area contributed by atoms with Crippen LogP contribution in [0.1, 0.15) is 37.4 Å². The number of aliphatic hydroxyl groups is 1. The minimum absolute atomic E-state index is 0.0738. The Morgan fingerprint density at radius 1 is 1.14 bits per heavy atom. The molecule has 192 valence electrons. The number of hydrogen-bond donors (Lipinski definition) is 3. The number of hydrogen-bond acceptors (Lipinski definition) is 8. The van der Waals surface area contributed by atoms with Gasteiger partial charge < -0.3 is 20.3 Å². The maximum Gasteiger partial charge on any atom is 0.405 e. The van der Waals surface area contributed by atoms with Crippen molar-refractivity contribution in [2.75, 3.05) is 23.7 Å². The molecular weight excluding hydrogens is 491 g/mol. The van der Waals surface area contributed by atoms with Crippen LogP contribution in [0.4, 0.5) is 24.9 Å². The second-order valence-corrected chi connectivity index (χ2v) is 9.57.